The van der Waals surface area contributed by atoms with Gasteiger partial charge in [0.2, 0.25) is 0 Å². The molecule has 0 saturated carbocycles. The third-order valence-corrected chi connectivity index (χ3v) is 2.44. The molecule has 0 aliphatic carbocycles. The maximum atomic E-state index is 10.5. The zero-order chi connectivity index (χ0) is 11.3. The Bertz CT molecular complexity index is 337. The fourth-order valence-electron chi connectivity index (χ4n) is 1.22. The minimum atomic E-state index is -0.676. The van der Waals surface area contributed by atoms with Crippen molar-refractivity contribution in [1.82, 2.24) is 0 Å². The van der Waals surface area contributed by atoms with Crippen LogP contribution in [0.4, 0.5) is 4.79 Å². The van der Waals surface area contributed by atoms with Crippen molar-refractivity contribution >= 4 is 18.5 Å². The summed E-state index contributed by atoms with van der Waals surface area (Å²) in [6.07, 6.45) is 11.0. The second-order valence-electron chi connectivity index (χ2n) is 3.65. The standard InChI is InChI=1S/C11H15N3O/c1-9(8-13-10(12)15)11(2)6-4-3-5-7-14-11/h3-9H,1-2H3,(H2,12,15). The van der Waals surface area contributed by atoms with Crippen LogP contribution in [-0.4, -0.2) is 24.0 Å². The predicted molar refractivity (Wildman–Crippen MR) is 62.4 cm³/mol. The number of aliphatic imine (C=N–C) groups is 2. The van der Waals surface area contributed by atoms with E-state index < -0.39 is 6.03 Å². The van der Waals surface area contributed by atoms with Crippen molar-refractivity contribution in [3.63, 3.8) is 0 Å². The van der Waals surface area contributed by atoms with Crippen molar-refractivity contribution in [3.8, 4) is 0 Å². The van der Waals surface area contributed by atoms with Gasteiger partial charge in [0, 0.05) is 18.3 Å². The van der Waals surface area contributed by atoms with E-state index in [0.29, 0.717) is 0 Å². The number of amides is 2. The van der Waals surface area contributed by atoms with E-state index in [2.05, 4.69) is 9.98 Å². The van der Waals surface area contributed by atoms with Gasteiger partial charge in [-0.1, -0.05) is 25.2 Å². The molecule has 2 amide bonds. The van der Waals surface area contributed by atoms with Crippen LogP contribution in [0.15, 0.2) is 34.3 Å². The molecule has 0 aromatic heterocycles. The number of allylic oxidation sites excluding steroid dienone is 3. The summed E-state index contributed by atoms with van der Waals surface area (Å²) >= 11 is 0. The molecule has 4 nitrogen and oxygen atoms in total. The lowest BCUT2D eigenvalue weighted by Gasteiger charge is -2.25. The fourth-order valence-corrected chi connectivity index (χ4v) is 1.22. The summed E-state index contributed by atoms with van der Waals surface area (Å²) in [5.41, 5.74) is 4.57. The van der Waals surface area contributed by atoms with E-state index in [9.17, 15) is 4.79 Å². The second kappa shape index (κ2) is 4.68. The van der Waals surface area contributed by atoms with Gasteiger partial charge in [-0.25, -0.2) is 9.79 Å². The highest BCUT2D eigenvalue weighted by molar-refractivity contribution is 5.83. The van der Waals surface area contributed by atoms with Crippen LogP contribution in [0.3, 0.4) is 0 Å². The summed E-state index contributed by atoms with van der Waals surface area (Å²) in [6, 6.07) is -0.676. The minimum absolute atomic E-state index is 0.0115. The number of hydrogen-bond acceptors (Lipinski definition) is 2. The lowest BCUT2D eigenvalue weighted by atomic mass is 9.88. The number of nitrogens with two attached hydrogens (primary N) is 1. The molecule has 1 aliphatic heterocycles. The average molecular weight is 205 g/mol. The molecule has 0 bridgehead atoms. The maximum absolute atomic E-state index is 10.5. The van der Waals surface area contributed by atoms with E-state index in [4.69, 9.17) is 5.73 Å². The Morgan fingerprint density at radius 2 is 2.27 bits per heavy atom. The van der Waals surface area contributed by atoms with Crippen molar-refractivity contribution in [2.75, 3.05) is 0 Å². The number of nitrogens with zero attached hydrogens (tertiary/aromatic N) is 2. The van der Waals surface area contributed by atoms with E-state index in [-0.39, 0.29) is 11.5 Å². The van der Waals surface area contributed by atoms with Gasteiger partial charge in [0.15, 0.2) is 0 Å². The molecule has 2 atom stereocenters. The summed E-state index contributed by atoms with van der Waals surface area (Å²) in [4.78, 5) is 18.5. The van der Waals surface area contributed by atoms with Gasteiger partial charge in [-0.15, -0.1) is 0 Å². The smallest absolute Gasteiger partial charge is 0.337 e. The Morgan fingerprint density at radius 3 is 2.93 bits per heavy atom. The summed E-state index contributed by atoms with van der Waals surface area (Å²) in [5.74, 6) is 0.0115. The van der Waals surface area contributed by atoms with Gasteiger partial charge in [-0.05, 0) is 13.0 Å². The molecule has 2 N–H and O–H groups in total. The van der Waals surface area contributed by atoms with Crippen LogP contribution in [-0.2, 0) is 0 Å². The van der Waals surface area contributed by atoms with Crippen LogP contribution in [0.5, 0.6) is 0 Å². The average Bonchev–Trinajstić information content (AvgIpc) is 2.40. The number of rotatable bonds is 2. The maximum Gasteiger partial charge on any atom is 0.337 e. The van der Waals surface area contributed by atoms with Crippen LogP contribution in [0.2, 0.25) is 0 Å². The molecular formula is C11H15N3O. The van der Waals surface area contributed by atoms with Crippen molar-refractivity contribution < 1.29 is 4.79 Å². The largest absolute Gasteiger partial charge is 0.350 e. The first kappa shape index (κ1) is 11.4. The number of urea groups is 1. The second-order valence-corrected chi connectivity index (χ2v) is 3.65. The van der Waals surface area contributed by atoms with Crippen molar-refractivity contribution in [3.05, 3.63) is 24.3 Å². The van der Waals surface area contributed by atoms with Gasteiger partial charge in [0.05, 0.1) is 5.54 Å². The lowest BCUT2D eigenvalue weighted by molar-refractivity contribution is 0.256. The van der Waals surface area contributed by atoms with Gasteiger partial charge in [-0.2, -0.15) is 0 Å². The molecule has 0 saturated heterocycles. The van der Waals surface area contributed by atoms with E-state index in [1.165, 1.54) is 6.21 Å². The Morgan fingerprint density at radius 1 is 1.53 bits per heavy atom. The molecule has 0 aromatic carbocycles. The zero-order valence-corrected chi connectivity index (χ0v) is 8.92. The Kier molecular flexibility index (Phi) is 3.55. The molecule has 4 heteroatoms. The Balaban J connectivity index is 2.81. The van der Waals surface area contributed by atoms with Gasteiger partial charge in [0.25, 0.3) is 0 Å². The van der Waals surface area contributed by atoms with Crippen LogP contribution in [0.25, 0.3) is 0 Å². The predicted octanol–water partition coefficient (Wildman–Crippen LogP) is 1.73. The van der Waals surface area contributed by atoms with Crippen LogP contribution in [0.1, 0.15) is 13.8 Å². The Hall–Kier alpha value is -1.71. The number of primary amides is 1. The normalized spacial score (nSPS) is 26.8. The molecular weight excluding hydrogens is 190 g/mol. The monoisotopic (exact) mass is 205 g/mol. The molecule has 80 valence electrons. The minimum Gasteiger partial charge on any atom is -0.350 e. The number of carbonyl (C=O) groups excluding carboxylic acids is 1. The summed E-state index contributed by atoms with van der Waals surface area (Å²) in [7, 11) is 0. The molecule has 0 fully saturated rings. The van der Waals surface area contributed by atoms with Gasteiger partial charge in [0.1, 0.15) is 0 Å². The van der Waals surface area contributed by atoms with Crippen molar-refractivity contribution in [1.29, 1.82) is 0 Å². The first-order chi connectivity index (χ1) is 7.04. The first-order valence-corrected chi connectivity index (χ1v) is 4.78. The molecule has 0 radical (unpaired) electrons. The van der Waals surface area contributed by atoms with Crippen LogP contribution in [0, 0.1) is 5.92 Å². The van der Waals surface area contributed by atoms with Crippen LogP contribution < -0.4 is 5.73 Å². The van der Waals surface area contributed by atoms with Crippen molar-refractivity contribution in [2.45, 2.75) is 19.4 Å². The van der Waals surface area contributed by atoms with Gasteiger partial charge in [-0.3, -0.25) is 4.99 Å². The van der Waals surface area contributed by atoms with E-state index in [1.807, 2.05) is 38.2 Å². The quantitative estimate of drug-likeness (QED) is 0.685. The molecule has 1 rings (SSSR count). The lowest BCUT2D eigenvalue weighted by Crippen LogP contribution is -2.29. The first-order valence-electron chi connectivity index (χ1n) is 4.78. The highest BCUT2D eigenvalue weighted by atomic mass is 16.2. The number of hydrogen-bond donors (Lipinski definition) is 1. The van der Waals surface area contributed by atoms with E-state index in [1.54, 1.807) is 6.21 Å². The van der Waals surface area contributed by atoms with Crippen LogP contribution >= 0.6 is 0 Å². The third kappa shape index (κ3) is 3.16. The molecule has 0 spiro atoms. The van der Waals surface area contributed by atoms with E-state index >= 15 is 0 Å². The molecule has 2 unspecified atom stereocenters. The van der Waals surface area contributed by atoms with E-state index in [0.717, 1.165) is 0 Å². The highest BCUT2D eigenvalue weighted by Gasteiger charge is 2.26. The highest BCUT2D eigenvalue weighted by Crippen LogP contribution is 2.23. The van der Waals surface area contributed by atoms with Crippen molar-refractivity contribution in [2.24, 2.45) is 21.6 Å². The SMILES string of the molecule is CC(C=NC(N)=O)C1(C)C=CC=CC=N1. The molecule has 0 aromatic rings. The third-order valence-electron chi connectivity index (χ3n) is 2.44. The summed E-state index contributed by atoms with van der Waals surface area (Å²) < 4.78 is 0. The zero-order valence-electron chi connectivity index (χ0n) is 8.92. The molecule has 15 heavy (non-hydrogen) atoms. The van der Waals surface area contributed by atoms with Gasteiger partial charge >= 0.3 is 6.03 Å². The molecule has 1 aliphatic rings. The fraction of sp³-hybridized carbons (Fsp3) is 0.364. The molecule has 1 heterocycles. The summed E-state index contributed by atoms with van der Waals surface area (Å²) in [5, 5.41) is 0. The number of carbonyl (C=O) groups is 1. The van der Waals surface area contributed by atoms with Gasteiger partial charge < -0.3 is 5.73 Å². The summed E-state index contributed by atoms with van der Waals surface area (Å²) in [6.45, 7) is 3.92. The topological polar surface area (TPSA) is 67.8 Å². The Labute approximate surface area is 89.3 Å².